The number of fused-ring (bicyclic) bond motifs is 8. The summed E-state index contributed by atoms with van der Waals surface area (Å²) in [6, 6.07) is 18.6. The third-order valence-electron chi connectivity index (χ3n) is 4.98. The van der Waals surface area contributed by atoms with Crippen LogP contribution in [-0.2, 0) is 0 Å². The molecule has 124 valence electrons. The predicted octanol–water partition coefficient (Wildman–Crippen LogP) is 6.73. The molecule has 2 heterocycles. The SMILES string of the molecule is C=Cc1c(Cl)cc2c3ccccc3n3c4ccccc4nc3c2c1C=C. The molecule has 0 radical (unpaired) electrons. The fraction of sp³-hybridized carbons (Fsp3) is 0. The lowest BCUT2D eigenvalue weighted by atomic mass is 9.96. The van der Waals surface area contributed by atoms with Crippen LogP contribution in [-0.4, -0.2) is 9.38 Å². The van der Waals surface area contributed by atoms with Crippen molar-refractivity contribution in [2.75, 3.05) is 0 Å². The van der Waals surface area contributed by atoms with Crippen LogP contribution in [0, 0.1) is 0 Å². The zero-order chi connectivity index (χ0) is 17.8. The summed E-state index contributed by atoms with van der Waals surface area (Å²) < 4.78 is 2.22. The molecular weight excluding hydrogens is 340 g/mol. The maximum Gasteiger partial charge on any atom is 0.147 e. The Hall–Kier alpha value is -3.10. The first-order valence-corrected chi connectivity index (χ1v) is 8.81. The third-order valence-corrected chi connectivity index (χ3v) is 5.30. The maximum atomic E-state index is 6.57. The molecule has 0 aliphatic rings. The quantitative estimate of drug-likeness (QED) is 0.321. The number of halogens is 1. The smallest absolute Gasteiger partial charge is 0.147 e. The molecule has 0 atom stereocenters. The summed E-state index contributed by atoms with van der Waals surface area (Å²) in [4.78, 5) is 4.94. The molecule has 0 fully saturated rings. The monoisotopic (exact) mass is 354 g/mol. The molecule has 0 amide bonds. The van der Waals surface area contributed by atoms with Crippen molar-refractivity contribution in [3.8, 4) is 0 Å². The molecule has 0 spiro atoms. The Labute approximate surface area is 155 Å². The van der Waals surface area contributed by atoms with Gasteiger partial charge in [-0.05, 0) is 35.2 Å². The van der Waals surface area contributed by atoms with E-state index >= 15 is 0 Å². The van der Waals surface area contributed by atoms with Crippen molar-refractivity contribution >= 4 is 62.1 Å². The van der Waals surface area contributed by atoms with Gasteiger partial charge in [0.05, 0.1) is 16.6 Å². The number of para-hydroxylation sites is 3. The molecule has 0 unspecified atom stereocenters. The molecule has 26 heavy (non-hydrogen) atoms. The van der Waals surface area contributed by atoms with Crippen molar-refractivity contribution < 1.29 is 0 Å². The van der Waals surface area contributed by atoms with E-state index in [-0.39, 0.29) is 0 Å². The minimum atomic E-state index is 0.674. The Morgan fingerprint density at radius 1 is 0.846 bits per heavy atom. The van der Waals surface area contributed by atoms with Crippen molar-refractivity contribution in [1.82, 2.24) is 9.38 Å². The van der Waals surface area contributed by atoms with Crippen molar-refractivity contribution in [2.45, 2.75) is 0 Å². The molecule has 0 saturated carbocycles. The number of rotatable bonds is 2. The Morgan fingerprint density at radius 2 is 1.54 bits per heavy atom. The van der Waals surface area contributed by atoms with Crippen LogP contribution in [0.25, 0.3) is 50.5 Å². The van der Waals surface area contributed by atoms with Gasteiger partial charge in [-0.15, -0.1) is 0 Å². The van der Waals surface area contributed by atoms with Crippen LogP contribution in [0.2, 0.25) is 5.02 Å². The van der Waals surface area contributed by atoms with Gasteiger partial charge < -0.3 is 0 Å². The van der Waals surface area contributed by atoms with E-state index in [4.69, 9.17) is 16.6 Å². The highest BCUT2D eigenvalue weighted by Crippen LogP contribution is 2.38. The van der Waals surface area contributed by atoms with E-state index in [0.717, 1.165) is 49.5 Å². The standard InChI is InChI=1S/C23H15ClN2/c1-3-14-15(4-2)22-17(13-18(14)24)16-9-5-7-11-20(16)26-21-12-8-6-10-19(21)25-23(22)26/h3-13H,1-2H2. The Balaban J connectivity index is 2.24. The third kappa shape index (κ3) is 1.85. The second-order valence-corrected chi connectivity index (χ2v) is 6.70. The number of hydrogen-bond donors (Lipinski definition) is 0. The second-order valence-electron chi connectivity index (χ2n) is 6.29. The number of nitrogens with zero attached hydrogens (tertiary/aromatic N) is 2. The molecule has 2 nitrogen and oxygen atoms in total. The first kappa shape index (κ1) is 15.2. The van der Waals surface area contributed by atoms with Crippen LogP contribution in [0.3, 0.4) is 0 Å². The summed E-state index contributed by atoms with van der Waals surface area (Å²) in [5.41, 5.74) is 5.93. The zero-order valence-corrected chi connectivity index (χ0v) is 14.8. The van der Waals surface area contributed by atoms with Gasteiger partial charge >= 0.3 is 0 Å². The lowest BCUT2D eigenvalue weighted by Crippen LogP contribution is -1.95. The molecule has 0 saturated heterocycles. The van der Waals surface area contributed by atoms with Crippen molar-refractivity contribution in [1.29, 1.82) is 0 Å². The summed E-state index contributed by atoms with van der Waals surface area (Å²) in [5.74, 6) is 0. The molecule has 0 bridgehead atoms. The van der Waals surface area contributed by atoms with E-state index in [2.05, 4.69) is 47.9 Å². The fourth-order valence-corrected chi connectivity index (χ4v) is 4.18. The number of imidazole rings is 1. The average Bonchev–Trinajstić information content (AvgIpc) is 3.06. The highest BCUT2D eigenvalue weighted by molar-refractivity contribution is 6.34. The summed E-state index contributed by atoms with van der Waals surface area (Å²) in [5, 5.41) is 3.94. The lowest BCUT2D eigenvalue weighted by Gasteiger charge is -2.14. The van der Waals surface area contributed by atoms with E-state index in [0.29, 0.717) is 5.02 Å². The molecule has 3 aromatic carbocycles. The fourth-order valence-electron chi connectivity index (χ4n) is 3.89. The maximum absolute atomic E-state index is 6.57. The van der Waals surface area contributed by atoms with Crippen LogP contribution in [0.5, 0.6) is 0 Å². The van der Waals surface area contributed by atoms with Crippen molar-refractivity contribution in [3.05, 3.63) is 83.9 Å². The molecule has 2 aromatic heterocycles. The normalized spacial score (nSPS) is 11.6. The summed E-state index contributed by atoms with van der Waals surface area (Å²) >= 11 is 6.57. The molecule has 0 aliphatic carbocycles. The van der Waals surface area contributed by atoms with Gasteiger partial charge in [0, 0.05) is 21.4 Å². The van der Waals surface area contributed by atoms with Gasteiger partial charge in [0.25, 0.3) is 0 Å². The summed E-state index contributed by atoms with van der Waals surface area (Å²) in [7, 11) is 0. The molecule has 5 aromatic rings. The van der Waals surface area contributed by atoms with E-state index in [1.54, 1.807) is 6.08 Å². The van der Waals surface area contributed by atoms with Crippen LogP contribution in [0.1, 0.15) is 11.1 Å². The molecule has 3 heteroatoms. The number of benzene rings is 3. The van der Waals surface area contributed by atoms with Crippen LogP contribution in [0.4, 0.5) is 0 Å². The number of aromatic nitrogens is 2. The first-order chi connectivity index (χ1) is 12.7. The summed E-state index contributed by atoms with van der Waals surface area (Å²) in [6.07, 6.45) is 3.63. The zero-order valence-electron chi connectivity index (χ0n) is 14.0. The van der Waals surface area contributed by atoms with Crippen molar-refractivity contribution in [3.63, 3.8) is 0 Å². The van der Waals surface area contributed by atoms with Gasteiger partial charge in [-0.25, -0.2) is 4.98 Å². The van der Waals surface area contributed by atoms with Gasteiger partial charge in [0.15, 0.2) is 0 Å². The van der Waals surface area contributed by atoms with E-state index < -0.39 is 0 Å². The predicted molar refractivity (Wildman–Crippen MR) is 113 cm³/mol. The van der Waals surface area contributed by atoms with Gasteiger partial charge in [-0.2, -0.15) is 0 Å². The Kier molecular flexibility index (Phi) is 3.18. The second kappa shape index (κ2) is 5.45. The van der Waals surface area contributed by atoms with Gasteiger partial charge in [-0.1, -0.05) is 67.2 Å². The van der Waals surface area contributed by atoms with Crippen LogP contribution >= 0.6 is 11.6 Å². The number of hydrogen-bond acceptors (Lipinski definition) is 1. The van der Waals surface area contributed by atoms with E-state index in [1.807, 2.05) is 30.3 Å². The van der Waals surface area contributed by atoms with Gasteiger partial charge in [0.2, 0.25) is 0 Å². The largest absolute Gasteiger partial charge is 0.292 e. The number of pyridine rings is 1. The molecule has 0 aliphatic heterocycles. The molecule has 5 rings (SSSR count). The van der Waals surface area contributed by atoms with E-state index in [1.165, 1.54) is 0 Å². The van der Waals surface area contributed by atoms with Gasteiger partial charge in [-0.3, -0.25) is 4.40 Å². The average molecular weight is 355 g/mol. The molecule has 0 N–H and O–H groups in total. The Bertz CT molecular complexity index is 1380. The topological polar surface area (TPSA) is 17.3 Å². The van der Waals surface area contributed by atoms with Crippen LogP contribution < -0.4 is 0 Å². The highest BCUT2D eigenvalue weighted by Gasteiger charge is 2.18. The first-order valence-electron chi connectivity index (χ1n) is 8.43. The van der Waals surface area contributed by atoms with E-state index in [9.17, 15) is 0 Å². The minimum absolute atomic E-state index is 0.674. The lowest BCUT2D eigenvalue weighted by molar-refractivity contribution is 1.31. The summed E-state index contributed by atoms with van der Waals surface area (Å²) in [6.45, 7) is 7.96. The minimum Gasteiger partial charge on any atom is -0.292 e. The van der Waals surface area contributed by atoms with Crippen LogP contribution in [0.15, 0.2) is 67.8 Å². The van der Waals surface area contributed by atoms with Gasteiger partial charge in [0.1, 0.15) is 5.65 Å². The Morgan fingerprint density at radius 3 is 2.31 bits per heavy atom. The highest BCUT2D eigenvalue weighted by atomic mass is 35.5. The van der Waals surface area contributed by atoms with Crippen molar-refractivity contribution in [2.24, 2.45) is 0 Å². The molecular formula is C23H15ClN2.